The maximum absolute atomic E-state index is 12.3. The number of nitrogens with zero attached hydrogens (tertiary/aromatic N) is 2. The van der Waals surface area contributed by atoms with Crippen LogP contribution in [0.3, 0.4) is 0 Å². The highest BCUT2D eigenvalue weighted by molar-refractivity contribution is 5.81. The molecule has 2 rings (SSSR count). The summed E-state index contributed by atoms with van der Waals surface area (Å²) in [4.78, 5) is 16.9. The first-order valence-corrected chi connectivity index (χ1v) is 7.40. The number of rotatable bonds is 0. The van der Waals surface area contributed by atoms with Crippen molar-refractivity contribution in [3.63, 3.8) is 0 Å². The maximum Gasteiger partial charge on any atom is 0.227 e. The molecule has 3 heteroatoms. The SMILES string of the molecule is CC(C)(C)N1CC2=C(CCCN2C(C)(C)C)CC1=O. The fraction of sp³-hybridized carbons (Fsp3) is 0.812. The van der Waals surface area contributed by atoms with E-state index in [1.54, 1.807) is 0 Å². The minimum absolute atomic E-state index is 0.0867. The fourth-order valence-corrected chi connectivity index (χ4v) is 3.18. The Hall–Kier alpha value is -0.990. The zero-order valence-corrected chi connectivity index (χ0v) is 13.3. The maximum atomic E-state index is 12.3. The summed E-state index contributed by atoms with van der Waals surface area (Å²) in [6.45, 7) is 15.1. The molecule has 0 atom stereocenters. The Morgan fingerprint density at radius 3 is 2.05 bits per heavy atom. The van der Waals surface area contributed by atoms with Crippen LogP contribution in [0.4, 0.5) is 0 Å². The molecule has 0 fully saturated rings. The normalized spacial score (nSPS) is 21.9. The molecule has 0 aromatic carbocycles. The highest BCUT2D eigenvalue weighted by Crippen LogP contribution is 2.36. The minimum atomic E-state index is -0.0867. The largest absolute Gasteiger partial charge is 0.369 e. The van der Waals surface area contributed by atoms with Gasteiger partial charge in [0, 0.05) is 29.7 Å². The molecule has 0 saturated heterocycles. The molecule has 0 unspecified atom stereocenters. The summed E-state index contributed by atoms with van der Waals surface area (Å²) in [5.41, 5.74) is 2.85. The van der Waals surface area contributed by atoms with Crippen molar-refractivity contribution in [2.45, 2.75) is 71.9 Å². The summed E-state index contributed by atoms with van der Waals surface area (Å²) < 4.78 is 0. The summed E-state index contributed by atoms with van der Waals surface area (Å²) >= 11 is 0. The van der Waals surface area contributed by atoms with E-state index >= 15 is 0 Å². The number of hydrogen-bond donors (Lipinski definition) is 0. The third-order valence-electron chi connectivity index (χ3n) is 4.19. The van der Waals surface area contributed by atoms with E-state index in [1.807, 2.05) is 4.90 Å². The molecule has 0 bridgehead atoms. The first-order chi connectivity index (χ1) is 8.60. The predicted molar refractivity (Wildman–Crippen MR) is 78.8 cm³/mol. The van der Waals surface area contributed by atoms with Gasteiger partial charge < -0.3 is 9.80 Å². The molecule has 0 spiro atoms. The highest BCUT2D eigenvalue weighted by atomic mass is 16.2. The Labute approximate surface area is 117 Å². The third kappa shape index (κ3) is 2.80. The van der Waals surface area contributed by atoms with Crippen LogP contribution in [-0.2, 0) is 4.79 Å². The topological polar surface area (TPSA) is 23.6 Å². The van der Waals surface area contributed by atoms with Gasteiger partial charge in [-0.2, -0.15) is 0 Å². The second-order valence-electron chi connectivity index (χ2n) is 7.80. The first-order valence-electron chi connectivity index (χ1n) is 7.40. The molecule has 108 valence electrons. The smallest absolute Gasteiger partial charge is 0.227 e. The zero-order valence-electron chi connectivity index (χ0n) is 13.3. The number of amides is 1. The second-order valence-corrected chi connectivity index (χ2v) is 7.80. The van der Waals surface area contributed by atoms with Gasteiger partial charge in [-0.05, 0) is 60.0 Å². The number of hydrogen-bond acceptors (Lipinski definition) is 2. The standard InChI is InChI=1S/C16H28N2O/c1-15(2,3)17-9-7-8-12-10-14(19)18(11-13(12)17)16(4,5)6/h7-11H2,1-6H3. The Morgan fingerprint density at radius 2 is 1.53 bits per heavy atom. The number of carbonyl (C=O) groups excluding carboxylic acids is 1. The van der Waals surface area contributed by atoms with Gasteiger partial charge in [-0.15, -0.1) is 0 Å². The van der Waals surface area contributed by atoms with Crippen LogP contribution in [0.5, 0.6) is 0 Å². The summed E-state index contributed by atoms with van der Waals surface area (Å²) in [6.07, 6.45) is 2.91. The van der Waals surface area contributed by atoms with Crippen molar-refractivity contribution in [2.75, 3.05) is 13.1 Å². The van der Waals surface area contributed by atoms with Crippen molar-refractivity contribution < 1.29 is 4.79 Å². The molecule has 0 saturated carbocycles. The van der Waals surface area contributed by atoms with E-state index < -0.39 is 0 Å². The zero-order chi connectivity index (χ0) is 14.4. The summed E-state index contributed by atoms with van der Waals surface area (Å²) in [6, 6.07) is 0. The molecular weight excluding hydrogens is 236 g/mol. The van der Waals surface area contributed by atoms with Gasteiger partial charge in [0.05, 0.1) is 6.54 Å². The predicted octanol–water partition coefficient (Wildman–Crippen LogP) is 3.17. The van der Waals surface area contributed by atoms with Crippen LogP contribution in [-0.4, -0.2) is 39.9 Å². The van der Waals surface area contributed by atoms with E-state index in [-0.39, 0.29) is 11.1 Å². The molecule has 1 amide bonds. The van der Waals surface area contributed by atoms with Crippen LogP contribution in [0, 0.1) is 0 Å². The summed E-state index contributed by atoms with van der Waals surface area (Å²) in [5, 5.41) is 0. The Kier molecular flexibility index (Phi) is 3.44. The lowest BCUT2D eigenvalue weighted by Gasteiger charge is -2.49. The Morgan fingerprint density at radius 1 is 0.947 bits per heavy atom. The summed E-state index contributed by atoms with van der Waals surface area (Å²) in [5.74, 6) is 0.294. The number of carbonyl (C=O) groups is 1. The van der Waals surface area contributed by atoms with Crippen LogP contribution in [0.2, 0.25) is 0 Å². The van der Waals surface area contributed by atoms with Crippen molar-refractivity contribution in [2.24, 2.45) is 0 Å². The monoisotopic (exact) mass is 264 g/mol. The molecule has 0 radical (unpaired) electrons. The summed E-state index contributed by atoms with van der Waals surface area (Å²) in [7, 11) is 0. The molecule has 0 aromatic rings. The lowest BCUT2D eigenvalue weighted by Crippen LogP contribution is -2.54. The van der Waals surface area contributed by atoms with Crippen LogP contribution in [0.1, 0.15) is 60.8 Å². The van der Waals surface area contributed by atoms with E-state index in [0.29, 0.717) is 12.3 Å². The molecule has 0 aliphatic carbocycles. The van der Waals surface area contributed by atoms with Gasteiger partial charge in [-0.1, -0.05) is 0 Å². The average molecular weight is 264 g/mol. The van der Waals surface area contributed by atoms with E-state index in [2.05, 4.69) is 46.4 Å². The van der Waals surface area contributed by atoms with Gasteiger partial charge in [0.25, 0.3) is 0 Å². The van der Waals surface area contributed by atoms with Crippen molar-refractivity contribution in [3.05, 3.63) is 11.3 Å². The van der Waals surface area contributed by atoms with Crippen LogP contribution in [0.25, 0.3) is 0 Å². The molecule has 0 aromatic heterocycles. The van der Waals surface area contributed by atoms with Crippen LogP contribution in [0.15, 0.2) is 11.3 Å². The van der Waals surface area contributed by atoms with Gasteiger partial charge in [-0.3, -0.25) is 4.79 Å². The van der Waals surface area contributed by atoms with Gasteiger partial charge in [0.2, 0.25) is 5.91 Å². The van der Waals surface area contributed by atoms with E-state index in [9.17, 15) is 4.79 Å². The van der Waals surface area contributed by atoms with Crippen molar-refractivity contribution in [1.29, 1.82) is 0 Å². The van der Waals surface area contributed by atoms with Gasteiger partial charge >= 0.3 is 0 Å². The molecule has 0 N–H and O–H groups in total. The molecule has 2 aliphatic heterocycles. The Balaban J connectivity index is 2.34. The van der Waals surface area contributed by atoms with Crippen molar-refractivity contribution >= 4 is 5.91 Å². The lowest BCUT2D eigenvalue weighted by atomic mass is 9.89. The van der Waals surface area contributed by atoms with E-state index in [0.717, 1.165) is 19.5 Å². The van der Waals surface area contributed by atoms with Crippen molar-refractivity contribution in [1.82, 2.24) is 9.80 Å². The molecule has 19 heavy (non-hydrogen) atoms. The van der Waals surface area contributed by atoms with Gasteiger partial charge in [0.1, 0.15) is 0 Å². The molecular formula is C16H28N2O. The quantitative estimate of drug-likeness (QED) is 0.671. The molecule has 3 nitrogen and oxygen atoms in total. The Bertz CT molecular complexity index is 409. The minimum Gasteiger partial charge on any atom is -0.369 e. The van der Waals surface area contributed by atoms with E-state index in [4.69, 9.17) is 0 Å². The van der Waals surface area contributed by atoms with Crippen LogP contribution < -0.4 is 0 Å². The highest BCUT2D eigenvalue weighted by Gasteiger charge is 2.37. The second kappa shape index (κ2) is 4.53. The van der Waals surface area contributed by atoms with Gasteiger partial charge in [0.15, 0.2) is 0 Å². The van der Waals surface area contributed by atoms with Crippen LogP contribution >= 0.6 is 0 Å². The first kappa shape index (κ1) is 14.4. The fourth-order valence-electron chi connectivity index (χ4n) is 3.18. The van der Waals surface area contributed by atoms with Crippen molar-refractivity contribution in [3.8, 4) is 0 Å². The average Bonchev–Trinajstić information content (AvgIpc) is 2.24. The van der Waals surface area contributed by atoms with E-state index in [1.165, 1.54) is 17.7 Å². The van der Waals surface area contributed by atoms with Gasteiger partial charge in [-0.25, -0.2) is 0 Å². The molecule has 2 heterocycles. The molecule has 2 aliphatic rings. The lowest BCUT2D eigenvalue weighted by molar-refractivity contribution is -0.136. The third-order valence-corrected chi connectivity index (χ3v) is 4.19.